The predicted molar refractivity (Wildman–Crippen MR) is 100 cm³/mol. The third-order valence-corrected chi connectivity index (χ3v) is 4.13. The van der Waals surface area contributed by atoms with Gasteiger partial charge in [-0.15, -0.1) is 10.2 Å². The van der Waals surface area contributed by atoms with Crippen molar-refractivity contribution in [2.45, 2.75) is 19.0 Å². The van der Waals surface area contributed by atoms with Crippen LogP contribution in [-0.2, 0) is 0 Å². The average Bonchev–Trinajstić information content (AvgIpc) is 2.94. The molecule has 0 saturated heterocycles. The molecule has 0 atom stereocenters. The van der Waals surface area contributed by atoms with Crippen molar-refractivity contribution in [1.29, 1.82) is 0 Å². The Morgan fingerprint density at radius 3 is 2.44 bits per heavy atom. The molecular weight excluding hydrogens is 362 g/mol. The number of ether oxygens (including phenoxy) is 2. The molecular formula is C15H19N5O3S2. The molecule has 0 aliphatic heterocycles. The van der Waals surface area contributed by atoms with Crippen LogP contribution >= 0.6 is 24.0 Å². The smallest absolute Gasteiger partial charge is 0.257 e. The van der Waals surface area contributed by atoms with Crippen LogP contribution < -0.4 is 20.2 Å². The minimum Gasteiger partial charge on any atom is -0.497 e. The molecule has 0 aliphatic rings. The summed E-state index contributed by atoms with van der Waals surface area (Å²) in [4.78, 5) is 12.4. The number of rotatable bonds is 6. The molecule has 0 fully saturated rings. The molecule has 2 N–H and O–H groups in total. The topological polar surface area (TPSA) is 90.3 Å². The number of aryl methyl sites for hydroxylation is 1. The van der Waals surface area contributed by atoms with Crippen LogP contribution in [0.1, 0.15) is 23.1 Å². The average molecular weight is 381 g/mol. The van der Waals surface area contributed by atoms with Gasteiger partial charge in [-0.3, -0.25) is 15.5 Å². The first-order valence-corrected chi connectivity index (χ1v) is 8.78. The van der Waals surface area contributed by atoms with Crippen LogP contribution in [0.15, 0.2) is 23.4 Å². The zero-order valence-electron chi connectivity index (χ0n) is 14.3. The largest absolute Gasteiger partial charge is 0.497 e. The third kappa shape index (κ3) is 4.83. The summed E-state index contributed by atoms with van der Waals surface area (Å²) in [7, 11) is 3.04. The number of carbonyl (C=O) groups is 1. The minimum absolute atomic E-state index is 0.132. The Balaban J connectivity index is 2.10. The van der Waals surface area contributed by atoms with Crippen molar-refractivity contribution >= 4 is 35.0 Å². The van der Waals surface area contributed by atoms with Gasteiger partial charge in [-0.25, -0.2) is 4.68 Å². The Morgan fingerprint density at radius 2 is 1.88 bits per heavy atom. The maximum Gasteiger partial charge on any atom is 0.257 e. The fraction of sp³-hybridized carbons (Fsp3) is 0.333. The van der Waals surface area contributed by atoms with Gasteiger partial charge in [-0.2, -0.15) is 0 Å². The predicted octanol–water partition coefficient (Wildman–Crippen LogP) is 1.97. The van der Waals surface area contributed by atoms with Gasteiger partial charge in [0.2, 0.25) is 5.16 Å². The number of carbonyl (C=O) groups excluding carboxylic acids is 1. The summed E-state index contributed by atoms with van der Waals surface area (Å²) in [5.74, 6) is 2.11. The molecule has 8 nitrogen and oxygen atoms in total. The highest BCUT2D eigenvalue weighted by molar-refractivity contribution is 7.99. The molecule has 0 saturated carbocycles. The highest BCUT2D eigenvalue weighted by Gasteiger charge is 2.14. The SMILES string of the molecule is CCSc1nnc(C)n1NC(=S)NC(=O)c1cc(OC)cc(OC)c1. The number of hydrogen-bond donors (Lipinski definition) is 2. The van der Waals surface area contributed by atoms with Crippen molar-refractivity contribution in [3.63, 3.8) is 0 Å². The number of nitrogens with zero attached hydrogens (tertiary/aromatic N) is 3. The molecule has 1 aromatic heterocycles. The maximum absolute atomic E-state index is 12.4. The van der Waals surface area contributed by atoms with E-state index in [-0.39, 0.29) is 11.0 Å². The quantitative estimate of drug-likeness (QED) is 0.580. The van der Waals surface area contributed by atoms with E-state index in [9.17, 15) is 4.79 Å². The summed E-state index contributed by atoms with van der Waals surface area (Å²) in [5.41, 5.74) is 3.27. The van der Waals surface area contributed by atoms with E-state index in [1.807, 2.05) is 6.92 Å². The molecule has 1 aromatic carbocycles. The van der Waals surface area contributed by atoms with E-state index in [0.29, 0.717) is 28.0 Å². The van der Waals surface area contributed by atoms with Crippen LogP contribution in [0.3, 0.4) is 0 Å². The van der Waals surface area contributed by atoms with Crippen LogP contribution in [0.25, 0.3) is 0 Å². The van der Waals surface area contributed by atoms with Gasteiger partial charge < -0.3 is 9.47 Å². The number of nitrogens with one attached hydrogen (secondary N) is 2. The lowest BCUT2D eigenvalue weighted by molar-refractivity contribution is 0.0976. The molecule has 1 heterocycles. The molecule has 134 valence electrons. The van der Waals surface area contributed by atoms with Gasteiger partial charge in [0.05, 0.1) is 14.2 Å². The first-order chi connectivity index (χ1) is 12.0. The van der Waals surface area contributed by atoms with Gasteiger partial charge in [0.25, 0.3) is 5.91 Å². The van der Waals surface area contributed by atoms with Crippen molar-refractivity contribution in [2.24, 2.45) is 0 Å². The van der Waals surface area contributed by atoms with Crippen LogP contribution in [0.4, 0.5) is 0 Å². The Bertz CT molecular complexity index is 756. The van der Waals surface area contributed by atoms with Crippen LogP contribution in [0.2, 0.25) is 0 Å². The van der Waals surface area contributed by atoms with Gasteiger partial charge >= 0.3 is 0 Å². The van der Waals surface area contributed by atoms with Crippen molar-refractivity contribution in [1.82, 2.24) is 20.2 Å². The van der Waals surface area contributed by atoms with E-state index in [2.05, 4.69) is 20.9 Å². The zero-order chi connectivity index (χ0) is 18.4. The van der Waals surface area contributed by atoms with E-state index in [1.165, 1.54) is 26.0 Å². The number of aromatic nitrogens is 3. The number of methoxy groups -OCH3 is 2. The first kappa shape index (κ1) is 19.0. The Morgan fingerprint density at radius 1 is 1.24 bits per heavy atom. The summed E-state index contributed by atoms with van der Waals surface area (Å²) >= 11 is 6.72. The lowest BCUT2D eigenvalue weighted by atomic mass is 10.2. The molecule has 1 amide bonds. The van der Waals surface area contributed by atoms with Gasteiger partial charge in [0.1, 0.15) is 17.3 Å². The molecule has 0 radical (unpaired) electrons. The van der Waals surface area contributed by atoms with E-state index in [4.69, 9.17) is 21.7 Å². The second-order valence-electron chi connectivity index (χ2n) is 4.79. The summed E-state index contributed by atoms with van der Waals surface area (Å²) in [6, 6.07) is 4.88. The van der Waals surface area contributed by atoms with Crippen LogP contribution in [0.5, 0.6) is 11.5 Å². The van der Waals surface area contributed by atoms with Crippen LogP contribution in [-0.4, -0.2) is 45.9 Å². The molecule has 2 aromatic rings. The number of benzene rings is 1. The van der Waals surface area contributed by atoms with E-state index >= 15 is 0 Å². The van der Waals surface area contributed by atoms with Gasteiger partial charge in [0.15, 0.2) is 5.11 Å². The second-order valence-corrected chi connectivity index (χ2v) is 6.43. The fourth-order valence-electron chi connectivity index (χ4n) is 1.94. The summed E-state index contributed by atoms with van der Waals surface area (Å²) in [5, 5.41) is 11.5. The Labute approximate surface area is 155 Å². The highest BCUT2D eigenvalue weighted by atomic mass is 32.2. The van der Waals surface area contributed by atoms with Crippen LogP contribution in [0, 0.1) is 6.92 Å². The van der Waals surface area contributed by atoms with E-state index < -0.39 is 0 Å². The minimum atomic E-state index is -0.384. The second kappa shape index (κ2) is 8.67. The van der Waals surface area contributed by atoms with Crippen molar-refractivity contribution in [3.8, 4) is 11.5 Å². The number of thioether (sulfide) groups is 1. The standard InChI is InChI=1S/C15H19N5O3S2/c1-5-25-15-18-17-9(2)20(15)19-14(24)16-13(21)10-6-11(22-3)8-12(7-10)23-4/h6-8H,5H2,1-4H3,(H2,16,19,21,24). The van der Waals surface area contributed by atoms with Gasteiger partial charge in [0, 0.05) is 11.6 Å². The molecule has 0 spiro atoms. The lowest BCUT2D eigenvalue weighted by Gasteiger charge is -2.13. The summed E-state index contributed by atoms with van der Waals surface area (Å²) in [6.45, 7) is 3.80. The highest BCUT2D eigenvalue weighted by Crippen LogP contribution is 2.22. The van der Waals surface area contributed by atoms with Crippen molar-refractivity contribution in [2.75, 3.05) is 25.4 Å². The van der Waals surface area contributed by atoms with Gasteiger partial charge in [-0.1, -0.05) is 18.7 Å². The zero-order valence-corrected chi connectivity index (χ0v) is 16.0. The Hall–Kier alpha value is -2.33. The van der Waals surface area contributed by atoms with E-state index in [0.717, 1.165) is 5.75 Å². The Kier molecular flexibility index (Phi) is 6.59. The summed E-state index contributed by atoms with van der Waals surface area (Å²) in [6.07, 6.45) is 0. The van der Waals surface area contributed by atoms with E-state index in [1.54, 1.807) is 29.8 Å². The molecule has 10 heteroatoms. The molecule has 0 bridgehead atoms. The van der Waals surface area contributed by atoms with Crippen molar-refractivity contribution < 1.29 is 14.3 Å². The third-order valence-electron chi connectivity index (χ3n) is 3.12. The fourth-order valence-corrected chi connectivity index (χ4v) is 2.79. The molecule has 2 rings (SSSR count). The molecule has 25 heavy (non-hydrogen) atoms. The number of hydrogen-bond acceptors (Lipinski definition) is 7. The first-order valence-electron chi connectivity index (χ1n) is 7.38. The number of thiocarbonyl (C=S) groups is 1. The molecule has 0 unspecified atom stereocenters. The molecule has 0 aliphatic carbocycles. The lowest BCUT2D eigenvalue weighted by Crippen LogP contribution is -2.38. The maximum atomic E-state index is 12.4. The summed E-state index contributed by atoms with van der Waals surface area (Å²) < 4.78 is 12.0. The van der Waals surface area contributed by atoms with Gasteiger partial charge in [-0.05, 0) is 37.0 Å². The normalized spacial score (nSPS) is 10.2. The van der Waals surface area contributed by atoms with Crippen molar-refractivity contribution in [3.05, 3.63) is 29.6 Å². The monoisotopic (exact) mass is 381 g/mol. The number of amides is 1.